The summed E-state index contributed by atoms with van der Waals surface area (Å²) in [5.74, 6) is 1.48. The van der Waals surface area contributed by atoms with Crippen LogP contribution in [0.2, 0.25) is 0 Å². The standard InChI is InChI=1S/C22H25N5O3/c1-25-22(29)27(17-8-4-3-5-9-17)20(24-25)16-12-14-26(15-13-16)21(28)23-18-10-6-7-11-19(18)30-2/h3-11,16H,12-15H2,1-2H3,(H,23,28). The van der Waals surface area contributed by atoms with Crippen LogP contribution < -0.4 is 15.7 Å². The van der Waals surface area contributed by atoms with Crippen LogP contribution >= 0.6 is 0 Å². The molecule has 3 aromatic rings. The molecule has 0 aliphatic carbocycles. The van der Waals surface area contributed by atoms with Gasteiger partial charge >= 0.3 is 11.7 Å². The van der Waals surface area contributed by atoms with Crippen LogP contribution in [0.4, 0.5) is 10.5 Å². The number of amides is 2. The smallest absolute Gasteiger partial charge is 0.350 e. The average Bonchev–Trinajstić information content (AvgIpc) is 3.09. The Bertz CT molecular complexity index is 1080. The second-order valence-corrected chi connectivity index (χ2v) is 7.33. The van der Waals surface area contributed by atoms with Gasteiger partial charge in [0.15, 0.2) is 0 Å². The molecule has 1 aromatic heterocycles. The number of anilines is 1. The van der Waals surface area contributed by atoms with Crippen molar-refractivity contribution in [2.24, 2.45) is 7.05 Å². The van der Waals surface area contributed by atoms with Crippen molar-refractivity contribution in [3.05, 3.63) is 70.9 Å². The van der Waals surface area contributed by atoms with Gasteiger partial charge in [-0.05, 0) is 37.1 Å². The Morgan fingerprint density at radius 2 is 1.73 bits per heavy atom. The lowest BCUT2D eigenvalue weighted by Gasteiger charge is -2.31. The minimum atomic E-state index is -0.160. The van der Waals surface area contributed by atoms with Crippen molar-refractivity contribution < 1.29 is 9.53 Å². The molecule has 1 aliphatic heterocycles. The number of aromatic nitrogens is 3. The SMILES string of the molecule is COc1ccccc1NC(=O)N1CCC(c2nn(C)c(=O)n2-c2ccccc2)CC1. The van der Waals surface area contributed by atoms with E-state index in [0.29, 0.717) is 24.5 Å². The van der Waals surface area contributed by atoms with E-state index < -0.39 is 0 Å². The Morgan fingerprint density at radius 1 is 1.07 bits per heavy atom. The maximum atomic E-state index is 12.7. The Hall–Kier alpha value is -3.55. The predicted molar refractivity (Wildman–Crippen MR) is 114 cm³/mol. The first kappa shape index (κ1) is 19.8. The minimum absolute atomic E-state index is 0.106. The van der Waals surface area contributed by atoms with Crippen LogP contribution in [0.15, 0.2) is 59.4 Å². The zero-order valence-electron chi connectivity index (χ0n) is 17.1. The van der Waals surface area contributed by atoms with Gasteiger partial charge in [-0.3, -0.25) is 0 Å². The predicted octanol–water partition coefficient (Wildman–Crippen LogP) is 2.99. The van der Waals surface area contributed by atoms with Gasteiger partial charge in [0.2, 0.25) is 0 Å². The number of aryl methyl sites for hydroxylation is 1. The first-order valence-corrected chi connectivity index (χ1v) is 9.99. The van der Waals surface area contributed by atoms with Gasteiger partial charge in [0.1, 0.15) is 11.6 Å². The summed E-state index contributed by atoms with van der Waals surface area (Å²) < 4.78 is 8.35. The number of urea groups is 1. The topological polar surface area (TPSA) is 81.4 Å². The lowest BCUT2D eigenvalue weighted by atomic mass is 9.96. The van der Waals surface area contributed by atoms with Crippen molar-refractivity contribution in [3.8, 4) is 11.4 Å². The number of nitrogens with zero attached hydrogens (tertiary/aromatic N) is 4. The van der Waals surface area contributed by atoms with Crippen LogP contribution in [-0.4, -0.2) is 45.5 Å². The number of likely N-dealkylation sites (tertiary alicyclic amines) is 1. The van der Waals surface area contributed by atoms with Gasteiger partial charge in [-0.15, -0.1) is 0 Å². The molecule has 1 fully saturated rings. The summed E-state index contributed by atoms with van der Waals surface area (Å²) in [5.41, 5.74) is 1.30. The fraction of sp³-hybridized carbons (Fsp3) is 0.318. The lowest BCUT2D eigenvalue weighted by Crippen LogP contribution is -2.41. The molecule has 0 saturated carbocycles. The summed E-state index contributed by atoms with van der Waals surface area (Å²) in [6, 6.07) is 16.7. The molecule has 0 spiro atoms. The zero-order valence-corrected chi connectivity index (χ0v) is 17.1. The monoisotopic (exact) mass is 407 g/mol. The number of hydrogen-bond donors (Lipinski definition) is 1. The van der Waals surface area contributed by atoms with Crippen LogP contribution in [0.3, 0.4) is 0 Å². The maximum Gasteiger partial charge on any atom is 0.350 e. The molecule has 8 nitrogen and oxygen atoms in total. The van der Waals surface area contributed by atoms with Crippen molar-refractivity contribution in [1.29, 1.82) is 0 Å². The van der Waals surface area contributed by atoms with Crippen LogP contribution in [0.1, 0.15) is 24.6 Å². The van der Waals surface area contributed by atoms with Crippen LogP contribution in [0, 0.1) is 0 Å². The molecule has 156 valence electrons. The summed E-state index contributed by atoms with van der Waals surface area (Å²) in [6.45, 7) is 1.18. The van der Waals surface area contributed by atoms with Gasteiger partial charge in [-0.25, -0.2) is 18.8 Å². The Balaban J connectivity index is 1.47. The quantitative estimate of drug-likeness (QED) is 0.721. The molecule has 0 unspecified atom stereocenters. The summed E-state index contributed by atoms with van der Waals surface area (Å²) in [7, 11) is 3.25. The second kappa shape index (κ2) is 8.44. The molecule has 2 aromatic carbocycles. The first-order valence-electron chi connectivity index (χ1n) is 9.99. The summed E-state index contributed by atoms with van der Waals surface area (Å²) in [4.78, 5) is 27.1. The molecule has 0 atom stereocenters. The molecule has 2 heterocycles. The summed E-state index contributed by atoms with van der Waals surface area (Å²) in [5, 5.41) is 7.43. The number of benzene rings is 2. The van der Waals surface area contributed by atoms with Gasteiger partial charge in [-0.1, -0.05) is 30.3 Å². The Labute approximate surface area is 174 Å². The Morgan fingerprint density at radius 3 is 2.43 bits per heavy atom. The third kappa shape index (κ3) is 3.80. The molecule has 4 rings (SSSR count). The highest BCUT2D eigenvalue weighted by atomic mass is 16.5. The minimum Gasteiger partial charge on any atom is -0.495 e. The van der Waals surface area contributed by atoms with Gasteiger partial charge in [0.25, 0.3) is 0 Å². The van der Waals surface area contributed by atoms with Crippen molar-refractivity contribution in [1.82, 2.24) is 19.2 Å². The van der Waals surface area contributed by atoms with E-state index in [1.165, 1.54) is 4.68 Å². The van der Waals surface area contributed by atoms with Gasteiger partial charge < -0.3 is 15.0 Å². The van der Waals surface area contributed by atoms with Gasteiger partial charge in [-0.2, -0.15) is 5.10 Å². The van der Waals surface area contributed by atoms with E-state index in [1.54, 1.807) is 23.6 Å². The highest BCUT2D eigenvalue weighted by Gasteiger charge is 2.29. The average molecular weight is 407 g/mol. The molecule has 0 radical (unpaired) electrons. The number of ether oxygens (including phenoxy) is 1. The molecule has 1 saturated heterocycles. The maximum absolute atomic E-state index is 12.7. The van der Waals surface area contributed by atoms with E-state index in [9.17, 15) is 9.59 Å². The van der Waals surface area contributed by atoms with E-state index in [2.05, 4.69) is 10.4 Å². The van der Waals surface area contributed by atoms with Gasteiger partial charge in [0, 0.05) is 26.1 Å². The molecule has 1 aliphatic rings. The third-order valence-electron chi connectivity index (χ3n) is 5.46. The fourth-order valence-electron chi connectivity index (χ4n) is 3.85. The number of carbonyl (C=O) groups is 1. The number of methoxy groups -OCH3 is 1. The number of hydrogen-bond acceptors (Lipinski definition) is 4. The van der Waals surface area contributed by atoms with E-state index in [0.717, 1.165) is 24.4 Å². The van der Waals surface area contributed by atoms with E-state index in [1.807, 2.05) is 54.6 Å². The number of piperidine rings is 1. The summed E-state index contributed by atoms with van der Waals surface area (Å²) >= 11 is 0. The lowest BCUT2D eigenvalue weighted by molar-refractivity contribution is 0.193. The van der Waals surface area contributed by atoms with Crippen LogP contribution in [0.5, 0.6) is 5.75 Å². The Kier molecular flexibility index (Phi) is 5.56. The molecule has 1 N–H and O–H groups in total. The van der Waals surface area contributed by atoms with Crippen molar-refractivity contribution in [2.75, 3.05) is 25.5 Å². The molecular weight excluding hydrogens is 382 g/mol. The number of rotatable bonds is 4. The molecule has 0 bridgehead atoms. The van der Waals surface area contributed by atoms with Crippen molar-refractivity contribution in [2.45, 2.75) is 18.8 Å². The van der Waals surface area contributed by atoms with E-state index >= 15 is 0 Å². The van der Waals surface area contributed by atoms with Crippen molar-refractivity contribution >= 4 is 11.7 Å². The normalized spacial score (nSPS) is 14.5. The summed E-state index contributed by atoms with van der Waals surface area (Å²) in [6.07, 6.45) is 1.48. The molecule has 2 amide bonds. The molecule has 8 heteroatoms. The number of nitrogens with one attached hydrogen (secondary N) is 1. The largest absolute Gasteiger partial charge is 0.495 e. The van der Waals surface area contributed by atoms with Crippen LogP contribution in [0.25, 0.3) is 5.69 Å². The fourth-order valence-corrected chi connectivity index (χ4v) is 3.85. The number of carbonyl (C=O) groups excluding carboxylic acids is 1. The van der Waals surface area contributed by atoms with E-state index in [-0.39, 0.29) is 17.6 Å². The highest BCUT2D eigenvalue weighted by molar-refractivity contribution is 5.91. The van der Waals surface area contributed by atoms with E-state index in [4.69, 9.17) is 4.74 Å². The van der Waals surface area contributed by atoms with Crippen LogP contribution in [-0.2, 0) is 7.05 Å². The molecule has 30 heavy (non-hydrogen) atoms. The number of para-hydroxylation sites is 3. The zero-order chi connectivity index (χ0) is 21.1. The highest BCUT2D eigenvalue weighted by Crippen LogP contribution is 2.29. The van der Waals surface area contributed by atoms with Gasteiger partial charge in [0.05, 0.1) is 18.5 Å². The first-order chi connectivity index (χ1) is 14.6. The van der Waals surface area contributed by atoms with Crippen molar-refractivity contribution in [3.63, 3.8) is 0 Å². The third-order valence-corrected chi connectivity index (χ3v) is 5.46. The second-order valence-electron chi connectivity index (χ2n) is 7.33. The molecular formula is C22H25N5O3.